The molecular weight excluding hydrogens is 256 g/mol. The summed E-state index contributed by atoms with van der Waals surface area (Å²) in [5, 5.41) is 5.65. The molecule has 0 aromatic carbocycles. The molecule has 0 unspecified atom stereocenters. The number of thiazole rings is 2. The summed E-state index contributed by atoms with van der Waals surface area (Å²) in [5.74, 6) is -0.121. The van der Waals surface area contributed by atoms with Gasteiger partial charge in [-0.3, -0.25) is 4.79 Å². The van der Waals surface area contributed by atoms with Crippen molar-refractivity contribution in [2.24, 2.45) is 0 Å². The first-order valence-electron chi connectivity index (χ1n) is 4.98. The van der Waals surface area contributed by atoms with Gasteiger partial charge in [-0.2, -0.15) is 0 Å². The lowest BCUT2D eigenvalue weighted by Crippen LogP contribution is -2.14. The summed E-state index contributed by atoms with van der Waals surface area (Å²) in [7, 11) is 0. The van der Waals surface area contributed by atoms with Gasteiger partial charge in [-0.05, 0) is 13.8 Å². The van der Waals surface area contributed by atoms with Crippen molar-refractivity contribution in [2.45, 2.75) is 20.3 Å². The second-order valence-electron chi connectivity index (χ2n) is 3.56. The summed E-state index contributed by atoms with van der Waals surface area (Å²) < 4.78 is 0. The van der Waals surface area contributed by atoms with Crippen molar-refractivity contribution in [1.29, 1.82) is 0 Å². The van der Waals surface area contributed by atoms with Crippen LogP contribution >= 0.6 is 22.7 Å². The van der Waals surface area contributed by atoms with Gasteiger partial charge in [0.15, 0.2) is 10.3 Å². The summed E-state index contributed by atoms with van der Waals surface area (Å²) in [5.41, 5.74) is 7.13. The van der Waals surface area contributed by atoms with Gasteiger partial charge >= 0.3 is 0 Å². The predicted molar refractivity (Wildman–Crippen MR) is 70.4 cm³/mol. The number of nitrogens with one attached hydrogen (secondary N) is 1. The molecule has 1 amide bonds. The van der Waals surface area contributed by atoms with Gasteiger partial charge in [-0.1, -0.05) is 0 Å². The van der Waals surface area contributed by atoms with Crippen LogP contribution in [-0.2, 0) is 11.2 Å². The Balaban J connectivity index is 1.97. The maximum atomic E-state index is 11.7. The lowest BCUT2D eigenvalue weighted by atomic mass is 10.3. The zero-order chi connectivity index (χ0) is 12.4. The molecule has 90 valence electrons. The highest BCUT2D eigenvalue weighted by Crippen LogP contribution is 2.21. The minimum atomic E-state index is -0.121. The maximum absolute atomic E-state index is 11.7. The monoisotopic (exact) mass is 268 g/mol. The van der Waals surface area contributed by atoms with Gasteiger partial charge in [-0.15, -0.1) is 22.7 Å². The summed E-state index contributed by atoms with van der Waals surface area (Å²) in [6, 6.07) is 0. The van der Waals surface area contributed by atoms with Crippen LogP contribution in [0.4, 0.5) is 10.3 Å². The zero-order valence-corrected chi connectivity index (χ0v) is 11.1. The van der Waals surface area contributed by atoms with Crippen molar-refractivity contribution >= 4 is 38.8 Å². The molecular formula is C10H12N4OS2. The number of hydrogen-bond acceptors (Lipinski definition) is 6. The molecule has 0 spiro atoms. The number of anilines is 2. The fraction of sp³-hybridized carbons (Fsp3) is 0.300. The van der Waals surface area contributed by atoms with Gasteiger partial charge in [0.1, 0.15) is 0 Å². The van der Waals surface area contributed by atoms with Crippen LogP contribution < -0.4 is 11.1 Å². The Bertz CT molecular complexity index is 527. The fourth-order valence-corrected chi connectivity index (χ4v) is 2.65. The zero-order valence-electron chi connectivity index (χ0n) is 9.48. The predicted octanol–water partition coefficient (Wildman–Crippen LogP) is 1.98. The van der Waals surface area contributed by atoms with Crippen molar-refractivity contribution in [3.05, 3.63) is 21.6 Å². The molecule has 3 N–H and O–H groups in total. The van der Waals surface area contributed by atoms with Crippen molar-refractivity contribution in [3.63, 3.8) is 0 Å². The van der Waals surface area contributed by atoms with Crippen LogP contribution in [0.25, 0.3) is 0 Å². The molecule has 2 aromatic heterocycles. The van der Waals surface area contributed by atoms with E-state index < -0.39 is 0 Å². The highest BCUT2D eigenvalue weighted by atomic mass is 32.1. The summed E-state index contributed by atoms with van der Waals surface area (Å²) in [6.45, 7) is 3.90. The van der Waals surface area contributed by atoms with Crippen molar-refractivity contribution in [2.75, 3.05) is 11.1 Å². The van der Waals surface area contributed by atoms with Gasteiger partial charge in [0.25, 0.3) is 0 Å². The van der Waals surface area contributed by atoms with Crippen molar-refractivity contribution < 1.29 is 4.79 Å². The highest BCUT2D eigenvalue weighted by molar-refractivity contribution is 7.15. The molecule has 2 aromatic rings. The minimum Gasteiger partial charge on any atom is -0.375 e. The third-order valence-electron chi connectivity index (χ3n) is 2.19. The molecule has 0 fully saturated rings. The van der Waals surface area contributed by atoms with Crippen LogP contribution in [0.1, 0.15) is 16.3 Å². The fourth-order valence-electron chi connectivity index (χ4n) is 1.26. The average molecular weight is 268 g/mol. The number of aryl methyl sites for hydroxylation is 2. The second kappa shape index (κ2) is 4.80. The number of carbonyl (C=O) groups is 1. The Hall–Kier alpha value is -1.47. The van der Waals surface area contributed by atoms with Crippen LogP contribution in [0, 0.1) is 13.8 Å². The van der Waals surface area contributed by atoms with E-state index in [9.17, 15) is 4.79 Å². The third kappa shape index (κ3) is 3.01. The Morgan fingerprint density at radius 1 is 1.47 bits per heavy atom. The van der Waals surface area contributed by atoms with E-state index in [4.69, 9.17) is 5.73 Å². The van der Waals surface area contributed by atoms with Gasteiger partial charge in [0, 0.05) is 10.3 Å². The number of nitrogen functional groups attached to an aromatic ring is 1. The molecule has 5 nitrogen and oxygen atoms in total. The normalized spacial score (nSPS) is 10.5. The lowest BCUT2D eigenvalue weighted by Gasteiger charge is -1.98. The third-order valence-corrected chi connectivity index (χ3v) is 3.90. The van der Waals surface area contributed by atoms with E-state index in [0.29, 0.717) is 16.0 Å². The number of carbonyl (C=O) groups excluding carboxylic acids is 1. The molecule has 0 saturated heterocycles. The quantitative estimate of drug-likeness (QED) is 0.892. The highest BCUT2D eigenvalue weighted by Gasteiger charge is 2.10. The van der Waals surface area contributed by atoms with Crippen molar-refractivity contribution in [1.82, 2.24) is 9.97 Å². The van der Waals surface area contributed by atoms with Crippen molar-refractivity contribution in [3.8, 4) is 0 Å². The van der Waals surface area contributed by atoms with Crippen LogP contribution in [0.5, 0.6) is 0 Å². The Morgan fingerprint density at radius 3 is 2.76 bits per heavy atom. The largest absolute Gasteiger partial charge is 0.375 e. The molecule has 0 radical (unpaired) electrons. The first-order valence-corrected chi connectivity index (χ1v) is 6.68. The average Bonchev–Trinajstić information content (AvgIpc) is 2.75. The Labute approximate surface area is 107 Å². The summed E-state index contributed by atoms with van der Waals surface area (Å²) in [6.07, 6.45) is 0.228. The maximum Gasteiger partial charge on any atom is 0.232 e. The van der Waals surface area contributed by atoms with E-state index >= 15 is 0 Å². The molecule has 0 bridgehead atoms. The van der Waals surface area contributed by atoms with E-state index in [2.05, 4.69) is 15.3 Å². The number of amides is 1. The molecule has 2 heterocycles. The molecule has 0 atom stereocenters. The van der Waals surface area contributed by atoms with E-state index in [1.54, 1.807) is 5.38 Å². The number of hydrogen-bond donors (Lipinski definition) is 2. The van der Waals surface area contributed by atoms with Gasteiger partial charge in [0.2, 0.25) is 5.91 Å². The van der Waals surface area contributed by atoms with Gasteiger partial charge in [-0.25, -0.2) is 9.97 Å². The van der Waals surface area contributed by atoms with E-state index in [1.807, 2.05) is 13.8 Å². The Morgan fingerprint density at radius 2 is 2.24 bits per heavy atom. The smallest absolute Gasteiger partial charge is 0.232 e. The van der Waals surface area contributed by atoms with Crippen LogP contribution in [-0.4, -0.2) is 15.9 Å². The molecule has 17 heavy (non-hydrogen) atoms. The standard InChI is InChI=1S/C10H12N4OS2/c1-5-6(2)17-10(12-5)14-8(15)3-7-4-16-9(11)13-7/h4H,3H2,1-2H3,(H2,11,13)(H,12,14,15). The molecule has 0 aliphatic heterocycles. The number of nitrogens with two attached hydrogens (primary N) is 1. The van der Waals surface area contributed by atoms with Gasteiger partial charge in [0.05, 0.1) is 17.8 Å². The van der Waals surface area contributed by atoms with Crippen LogP contribution in [0.2, 0.25) is 0 Å². The van der Waals surface area contributed by atoms with E-state index in [1.165, 1.54) is 22.7 Å². The van der Waals surface area contributed by atoms with Gasteiger partial charge < -0.3 is 11.1 Å². The second-order valence-corrected chi connectivity index (χ2v) is 5.66. The first-order chi connectivity index (χ1) is 8.04. The molecule has 2 rings (SSSR count). The lowest BCUT2D eigenvalue weighted by molar-refractivity contribution is -0.115. The van der Waals surface area contributed by atoms with Crippen LogP contribution in [0.3, 0.4) is 0 Å². The first kappa shape index (κ1) is 12.0. The number of nitrogens with zero attached hydrogens (tertiary/aromatic N) is 2. The van der Waals surface area contributed by atoms with E-state index in [-0.39, 0.29) is 12.3 Å². The SMILES string of the molecule is Cc1nc(NC(=O)Cc2csc(N)n2)sc1C. The van der Waals surface area contributed by atoms with Crippen LogP contribution in [0.15, 0.2) is 5.38 Å². The molecule has 0 aliphatic carbocycles. The topological polar surface area (TPSA) is 80.9 Å². The number of rotatable bonds is 3. The molecule has 0 saturated carbocycles. The van der Waals surface area contributed by atoms with E-state index in [0.717, 1.165) is 10.6 Å². The summed E-state index contributed by atoms with van der Waals surface area (Å²) in [4.78, 5) is 21.1. The summed E-state index contributed by atoms with van der Waals surface area (Å²) >= 11 is 2.81. The Kier molecular flexibility index (Phi) is 3.39. The number of aromatic nitrogens is 2. The molecule has 7 heteroatoms. The molecule has 0 aliphatic rings. The minimum absolute atomic E-state index is 0.121.